The molecule has 1 N–H and O–H groups in total. The van der Waals surface area contributed by atoms with Crippen LogP contribution in [0.1, 0.15) is 27.2 Å². The molecule has 2 aromatic carbocycles. The molecule has 0 saturated carbocycles. The highest BCUT2D eigenvalue weighted by atomic mass is 19.4. The highest BCUT2D eigenvalue weighted by Gasteiger charge is 2.37. The molecule has 2 heterocycles. The molecule has 0 bridgehead atoms. The molecule has 1 amide bonds. The van der Waals surface area contributed by atoms with Gasteiger partial charge in [0.05, 0.1) is 11.1 Å². The first kappa shape index (κ1) is 25.9. The summed E-state index contributed by atoms with van der Waals surface area (Å²) in [6.45, 7) is -0.700. The maximum Gasteiger partial charge on any atom is 0.416 e. The number of fused-ring (bicyclic) bond motifs is 1. The van der Waals surface area contributed by atoms with Crippen LogP contribution in [0, 0.1) is 5.82 Å². The number of amides is 1. The standard InChI is InChI=1S/C25H16F7N3O2/c1-35-21(19(14-4-6-17(26)7-5-14)18-3-2-8-33-20(18)23(35)37)22(36)34-12-13-9-15(24(27,28)29)11-16(10-13)25(30,31)32/h2-11H,12H2,1H3,(H,34,36). The molecule has 4 rings (SSSR count). The van der Waals surface area contributed by atoms with E-state index in [1.807, 2.05) is 0 Å². The van der Waals surface area contributed by atoms with E-state index in [1.165, 1.54) is 37.5 Å². The van der Waals surface area contributed by atoms with Crippen molar-refractivity contribution in [1.29, 1.82) is 0 Å². The van der Waals surface area contributed by atoms with Crippen LogP contribution < -0.4 is 10.9 Å². The van der Waals surface area contributed by atoms with E-state index in [9.17, 15) is 40.3 Å². The van der Waals surface area contributed by atoms with Crippen molar-refractivity contribution in [2.45, 2.75) is 18.9 Å². The molecule has 37 heavy (non-hydrogen) atoms. The Hall–Kier alpha value is -4.22. The summed E-state index contributed by atoms with van der Waals surface area (Å²) in [6, 6.07) is 9.00. The van der Waals surface area contributed by atoms with Crippen molar-refractivity contribution >= 4 is 16.8 Å². The summed E-state index contributed by atoms with van der Waals surface area (Å²) in [5, 5.41) is 2.55. The highest BCUT2D eigenvalue weighted by Crippen LogP contribution is 2.36. The van der Waals surface area contributed by atoms with Crippen LogP contribution in [0.5, 0.6) is 0 Å². The van der Waals surface area contributed by atoms with Crippen molar-refractivity contribution in [1.82, 2.24) is 14.9 Å². The number of nitrogens with one attached hydrogen (secondary N) is 1. The molecule has 192 valence electrons. The van der Waals surface area contributed by atoms with Gasteiger partial charge in [0.15, 0.2) is 0 Å². The van der Waals surface area contributed by atoms with Gasteiger partial charge in [-0.25, -0.2) is 4.39 Å². The predicted molar refractivity (Wildman–Crippen MR) is 120 cm³/mol. The molecule has 0 radical (unpaired) electrons. The molecule has 0 atom stereocenters. The zero-order valence-corrected chi connectivity index (χ0v) is 18.8. The van der Waals surface area contributed by atoms with Gasteiger partial charge in [0.25, 0.3) is 11.5 Å². The Morgan fingerprint density at radius 3 is 2.11 bits per heavy atom. The summed E-state index contributed by atoms with van der Waals surface area (Å²) in [5.74, 6) is -1.51. The van der Waals surface area contributed by atoms with E-state index in [4.69, 9.17) is 0 Å². The predicted octanol–water partition coefficient (Wildman–Crippen LogP) is 5.71. The fourth-order valence-corrected chi connectivity index (χ4v) is 3.90. The fourth-order valence-electron chi connectivity index (χ4n) is 3.90. The summed E-state index contributed by atoms with van der Waals surface area (Å²) in [7, 11) is 1.27. The summed E-state index contributed by atoms with van der Waals surface area (Å²) in [6.07, 6.45) is -8.74. The number of nitrogens with zero attached hydrogens (tertiary/aromatic N) is 2. The molecule has 12 heteroatoms. The number of carbonyl (C=O) groups is 1. The van der Waals surface area contributed by atoms with Crippen molar-refractivity contribution in [3.63, 3.8) is 0 Å². The number of aromatic nitrogens is 2. The Balaban J connectivity index is 1.81. The second-order valence-electron chi connectivity index (χ2n) is 8.09. The molecular formula is C25H16F7N3O2. The summed E-state index contributed by atoms with van der Waals surface area (Å²) in [4.78, 5) is 30.2. The van der Waals surface area contributed by atoms with E-state index in [0.29, 0.717) is 17.7 Å². The van der Waals surface area contributed by atoms with E-state index < -0.39 is 52.9 Å². The third-order valence-corrected chi connectivity index (χ3v) is 5.60. The quantitative estimate of drug-likeness (QED) is 0.349. The SMILES string of the molecule is Cn1c(C(=O)NCc2cc(C(F)(F)F)cc(C(F)(F)F)c2)c(-c2ccc(F)cc2)c2cccnc2c1=O. The lowest BCUT2D eigenvalue weighted by molar-refractivity contribution is -0.143. The van der Waals surface area contributed by atoms with Crippen molar-refractivity contribution in [3.8, 4) is 11.1 Å². The van der Waals surface area contributed by atoms with Gasteiger partial charge < -0.3 is 9.88 Å². The third-order valence-electron chi connectivity index (χ3n) is 5.60. The normalized spacial score (nSPS) is 12.1. The minimum atomic E-state index is -5.05. The van der Waals surface area contributed by atoms with E-state index in [0.717, 1.165) is 16.7 Å². The minimum Gasteiger partial charge on any atom is -0.347 e. The first-order chi connectivity index (χ1) is 17.3. The number of rotatable bonds is 4. The van der Waals surface area contributed by atoms with Crippen LogP contribution in [0.3, 0.4) is 0 Å². The molecule has 0 aliphatic rings. The number of alkyl halides is 6. The van der Waals surface area contributed by atoms with E-state index in [-0.39, 0.29) is 28.2 Å². The second-order valence-corrected chi connectivity index (χ2v) is 8.09. The monoisotopic (exact) mass is 523 g/mol. The molecule has 5 nitrogen and oxygen atoms in total. The van der Waals surface area contributed by atoms with Crippen molar-refractivity contribution < 1.29 is 35.5 Å². The van der Waals surface area contributed by atoms with E-state index >= 15 is 0 Å². The minimum absolute atomic E-state index is 0.00794. The van der Waals surface area contributed by atoms with Crippen LogP contribution in [0.2, 0.25) is 0 Å². The van der Waals surface area contributed by atoms with Crippen molar-refractivity contribution in [3.05, 3.63) is 99.3 Å². The van der Waals surface area contributed by atoms with Gasteiger partial charge in [0.1, 0.15) is 17.0 Å². The number of hydrogen-bond acceptors (Lipinski definition) is 3. The molecule has 0 aliphatic carbocycles. The zero-order chi connectivity index (χ0) is 27.1. The molecule has 0 saturated heterocycles. The van der Waals surface area contributed by atoms with Crippen LogP contribution in [-0.2, 0) is 25.9 Å². The van der Waals surface area contributed by atoms with Gasteiger partial charge in [-0.1, -0.05) is 18.2 Å². The average molecular weight is 523 g/mol. The highest BCUT2D eigenvalue weighted by molar-refractivity contribution is 6.07. The summed E-state index contributed by atoms with van der Waals surface area (Å²) < 4.78 is 93.7. The number of pyridine rings is 2. The Morgan fingerprint density at radius 1 is 0.946 bits per heavy atom. The molecule has 2 aromatic heterocycles. The van der Waals surface area contributed by atoms with Gasteiger partial charge in [0.2, 0.25) is 0 Å². The van der Waals surface area contributed by atoms with E-state index in [2.05, 4.69) is 10.3 Å². The average Bonchev–Trinajstić information content (AvgIpc) is 2.84. The molecule has 0 unspecified atom stereocenters. The van der Waals surface area contributed by atoms with Gasteiger partial charge in [-0.05, 0) is 47.5 Å². The fraction of sp³-hybridized carbons (Fsp3) is 0.160. The van der Waals surface area contributed by atoms with Crippen LogP contribution in [0.25, 0.3) is 22.0 Å². The maximum absolute atomic E-state index is 13.6. The second kappa shape index (κ2) is 9.34. The van der Waals surface area contributed by atoms with Gasteiger partial charge in [-0.15, -0.1) is 0 Å². The Kier molecular flexibility index (Phi) is 6.53. The smallest absolute Gasteiger partial charge is 0.347 e. The number of hydrogen-bond donors (Lipinski definition) is 1. The largest absolute Gasteiger partial charge is 0.416 e. The lowest BCUT2D eigenvalue weighted by Gasteiger charge is -2.18. The molecule has 0 fully saturated rings. The Labute approximate surface area is 204 Å². The first-order valence-electron chi connectivity index (χ1n) is 10.6. The van der Waals surface area contributed by atoms with Crippen molar-refractivity contribution in [2.75, 3.05) is 0 Å². The molecule has 0 spiro atoms. The third kappa shape index (κ3) is 5.18. The number of halogens is 7. The van der Waals surface area contributed by atoms with Gasteiger partial charge in [0, 0.05) is 30.7 Å². The van der Waals surface area contributed by atoms with Gasteiger partial charge in [-0.2, -0.15) is 26.3 Å². The maximum atomic E-state index is 13.6. The number of carbonyl (C=O) groups excluding carboxylic acids is 1. The lowest BCUT2D eigenvalue weighted by Crippen LogP contribution is -2.32. The zero-order valence-electron chi connectivity index (χ0n) is 18.8. The topological polar surface area (TPSA) is 64.0 Å². The van der Waals surface area contributed by atoms with E-state index in [1.54, 1.807) is 0 Å². The number of benzene rings is 2. The summed E-state index contributed by atoms with van der Waals surface area (Å²) >= 11 is 0. The molecule has 4 aromatic rings. The molecule has 0 aliphatic heterocycles. The van der Waals surface area contributed by atoms with Crippen LogP contribution in [-0.4, -0.2) is 15.5 Å². The lowest BCUT2D eigenvalue weighted by atomic mass is 9.98. The Morgan fingerprint density at radius 2 is 1.54 bits per heavy atom. The van der Waals surface area contributed by atoms with Gasteiger partial charge >= 0.3 is 12.4 Å². The molecular weight excluding hydrogens is 507 g/mol. The van der Waals surface area contributed by atoms with Gasteiger partial charge in [-0.3, -0.25) is 14.6 Å². The van der Waals surface area contributed by atoms with Crippen LogP contribution in [0.15, 0.2) is 65.6 Å². The van der Waals surface area contributed by atoms with Crippen molar-refractivity contribution in [2.24, 2.45) is 7.05 Å². The van der Waals surface area contributed by atoms with Crippen LogP contribution >= 0.6 is 0 Å². The summed E-state index contributed by atoms with van der Waals surface area (Å²) in [5.41, 5.74) is -3.88. The first-order valence-corrected chi connectivity index (χ1v) is 10.6. The van der Waals surface area contributed by atoms with Crippen LogP contribution in [0.4, 0.5) is 30.7 Å². The Bertz CT molecular complexity index is 1520.